The van der Waals surface area contributed by atoms with Crippen molar-refractivity contribution in [2.45, 2.75) is 11.4 Å². The molecule has 1 aromatic heterocycles. The van der Waals surface area contributed by atoms with E-state index in [1.54, 1.807) is 42.6 Å². The van der Waals surface area contributed by atoms with Crippen LogP contribution in [-0.2, 0) is 21.4 Å². The van der Waals surface area contributed by atoms with Crippen LogP contribution in [0.4, 0.5) is 5.69 Å². The van der Waals surface area contributed by atoms with E-state index in [1.807, 2.05) is 6.07 Å². The van der Waals surface area contributed by atoms with Gasteiger partial charge in [0, 0.05) is 12.3 Å². The van der Waals surface area contributed by atoms with Crippen LogP contribution in [0, 0.1) is 0 Å². The predicted molar refractivity (Wildman–Crippen MR) is 112 cm³/mol. The second kappa shape index (κ2) is 9.75. The Morgan fingerprint density at radius 2 is 1.80 bits per heavy atom. The van der Waals surface area contributed by atoms with Gasteiger partial charge in [-0.2, -0.15) is 0 Å². The SMILES string of the molecule is COc1cccc(NS(=O)(=O)c2ccc(OCC(=O)NCc3ccccn3)cc2)c1. The minimum Gasteiger partial charge on any atom is -0.497 e. The zero-order chi connectivity index (χ0) is 21.4. The molecule has 8 nitrogen and oxygen atoms in total. The number of sulfonamides is 1. The molecule has 9 heteroatoms. The number of benzene rings is 2. The van der Waals surface area contributed by atoms with Crippen LogP contribution in [-0.4, -0.2) is 33.0 Å². The summed E-state index contributed by atoms with van der Waals surface area (Å²) in [4.78, 5) is 16.1. The number of anilines is 1. The van der Waals surface area contributed by atoms with Gasteiger partial charge in [0.1, 0.15) is 11.5 Å². The van der Waals surface area contributed by atoms with Crippen molar-refractivity contribution in [3.8, 4) is 11.5 Å². The first-order valence-corrected chi connectivity index (χ1v) is 10.5. The highest BCUT2D eigenvalue weighted by atomic mass is 32.2. The molecular formula is C21H21N3O5S. The van der Waals surface area contributed by atoms with Gasteiger partial charge in [0.25, 0.3) is 15.9 Å². The summed E-state index contributed by atoms with van der Waals surface area (Å²) in [5, 5.41) is 2.70. The average Bonchev–Trinajstić information content (AvgIpc) is 2.77. The Hall–Kier alpha value is -3.59. The normalized spacial score (nSPS) is 10.8. The number of aromatic nitrogens is 1. The molecule has 0 atom stereocenters. The maximum atomic E-state index is 12.5. The molecule has 0 aliphatic rings. The van der Waals surface area contributed by atoms with Crippen molar-refractivity contribution >= 4 is 21.6 Å². The van der Waals surface area contributed by atoms with Crippen molar-refractivity contribution < 1.29 is 22.7 Å². The van der Waals surface area contributed by atoms with E-state index in [2.05, 4.69) is 15.0 Å². The Bertz CT molecular complexity index is 1090. The third-order valence-electron chi connectivity index (χ3n) is 4.02. The summed E-state index contributed by atoms with van der Waals surface area (Å²) in [6.45, 7) is 0.108. The van der Waals surface area contributed by atoms with Gasteiger partial charge in [-0.25, -0.2) is 8.42 Å². The van der Waals surface area contributed by atoms with Crippen molar-refractivity contribution in [1.82, 2.24) is 10.3 Å². The number of carbonyl (C=O) groups excluding carboxylic acids is 1. The van der Waals surface area contributed by atoms with Gasteiger partial charge >= 0.3 is 0 Å². The van der Waals surface area contributed by atoms with Crippen molar-refractivity contribution in [2.75, 3.05) is 18.4 Å². The first-order chi connectivity index (χ1) is 14.5. The predicted octanol–water partition coefficient (Wildman–Crippen LogP) is 2.59. The van der Waals surface area contributed by atoms with E-state index in [9.17, 15) is 13.2 Å². The van der Waals surface area contributed by atoms with E-state index in [0.29, 0.717) is 23.7 Å². The average molecular weight is 427 g/mol. The number of amides is 1. The molecule has 0 radical (unpaired) electrons. The molecule has 0 unspecified atom stereocenters. The first-order valence-electron chi connectivity index (χ1n) is 9.02. The summed E-state index contributed by atoms with van der Waals surface area (Å²) < 4.78 is 38.1. The van der Waals surface area contributed by atoms with Gasteiger partial charge in [-0.15, -0.1) is 0 Å². The van der Waals surface area contributed by atoms with Crippen LogP contribution in [0.1, 0.15) is 5.69 Å². The quantitative estimate of drug-likeness (QED) is 0.544. The molecule has 0 bridgehead atoms. The standard InChI is InChI=1S/C21H21N3O5S/c1-28-19-7-4-6-16(13-19)24-30(26,27)20-10-8-18(9-11-20)29-15-21(25)23-14-17-5-2-3-12-22-17/h2-13,24H,14-15H2,1H3,(H,23,25). The molecule has 0 fully saturated rings. The Morgan fingerprint density at radius 1 is 1.00 bits per heavy atom. The molecule has 0 aliphatic heterocycles. The summed E-state index contributed by atoms with van der Waals surface area (Å²) in [6.07, 6.45) is 1.65. The number of pyridine rings is 1. The van der Waals surface area contributed by atoms with Crippen LogP contribution in [0.5, 0.6) is 11.5 Å². The lowest BCUT2D eigenvalue weighted by atomic mass is 10.3. The van der Waals surface area contributed by atoms with Gasteiger partial charge in [0.2, 0.25) is 0 Å². The highest BCUT2D eigenvalue weighted by Gasteiger charge is 2.15. The second-order valence-corrected chi connectivity index (χ2v) is 7.88. The fourth-order valence-electron chi connectivity index (χ4n) is 2.51. The molecular weight excluding hydrogens is 406 g/mol. The van der Waals surface area contributed by atoms with Crippen LogP contribution in [0.2, 0.25) is 0 Å². The Balaban J connectivity index is 1.54. The number of nitrogens with one attached hydrogen (secondary N) is 2. The molecule has 2 N–H and O–H groups in total. The van der Waals surface area contributed by atoms with Crippen molar-refractivity contribution in [3.63, 3.8) is 0 Å². The minimum atomic E-state index is -3.77. The van der Waals surface area contributed by atoms with E-state index in [-0.39, 0.29) is 17.4 Å². The lowest BCUT2D eigenvalue weighted by Gasteiger charge is -2.10. The summed E-state index contributed by atoms with van der Waals surface area (Å²) in [5.74, 6) is 0.612. The van der Waals surface area contributed by atoms with Gasteiger partial charge in [-0.05, 0) is 48.5 Å². The molecule has 0 saturated heterocycles. The third-order valence-corrected chi connectivity index (χ3v) is 5.42. The molecule has 3 rings (SSSR count). The van der Waals surface area contributed by atoms with Crippen LogP contribution in [0.25, 0.3) is 0 Å². The largest absolute Gasteiger partial charge is 0.497 e. The molecule has 3 aromatic rings. The highest BCUT2D eigenvalue weighted by molar-refractivity contribution is 7.92. The number of ether oxygens (including phenoxy) is 2. The fraction of sp³-hybridized carbons (Fsp3) is 0.143. The third kappa shape index (κ3) is 5.95. The van der Waals surface area contributed by atoms with Gasteiger partial charge in [0.15, 0.2) is 6.61 Å². The maximum Gasteiger partial charge on any atom is 0.261 e. The summed E-state index contributed by atoms with van der Waals surface area (Å²) >= 11 is 0. The number of methoxy groups -OCH3 is 1. The van der Waals surface area contributed by atoms with Crippen molar-refractivity contribution in [2.24, 2.45) is 0 Å². The van der Waals surface area contributed by atoms with E-state index in [4.69, 9.17) is 9.47 Å². The highest BCUT2D eigenvalue weighted by Crippen LogP contribution is 2.22. The van der Waals surface area contributed by atoms with Gasteiger partial charge in [0.05, 0.1) is 29.9 Å². The zero-order valence-electron chi connectivity index (χ0n) is 16.2. The topological polar surface area (TPSA) is 107 Å². The second-order valence-electron chi connectivity index (χ2n) is 6.20. The molecule has 156 valence electrons. The number of nitrogens with zero attached hydrogens (tertiary/aromatic N) is 1. The molecule has 1 amide bonds. The van der Waals surface area contributed by atoms with Crippen LogP contribution in [0.15, 0.2) is 77.8 Å². The van der Waals surface area contributed by atoms with Gasteiger partial charge in [-0.1, -0.05) is 12.1 Å². The number of carbonyl (C=O) groups is 1. The molecule has 0 saturated carbocycles. The molecule has 0 spiro atoms. The molecule has 2 aromatic carbocycles. The summed E-state index contributed by atoms with van der Waals surface area (Å²) in [7, 11) is -2.27. The molecule has 30 heavy (non-hydrogen) atoms. The Morgan fingerprint density at radius 3 is 2.50 bits per heavy atom. The Kier molecular flexibility index (Phi) is 6.87. The van der Waals surface area contributed by atoms with Crippen molar-refractivity contribution in [3.05, 3.63) is 78.6 Å². The smallest absolute Gasteiger partial charge is 0.261 e. The number of rotatable bonds is 9. The van der Waals surface area contributed by atoms with E-state index < -0.39 is 10.0 Å². The maximum absolute atomic E-state index is 12.5. The van der Waals surface area contributed by atoms with Crippen molar-refractivity contribution in [1.29, 1.82) is 0 Å². The summed E-state index contributed by atoms with van der Waals surface area (Å²) in [5.41, 5.74) is 1.13. The Labute approximate surface area is 174 Å². The van der Waals surface area contributed by atoms with E-state index in [1.165, 1.54) is 31.4 Å². The van der Waals surface area contributed by atoms with Crippen LogP contribution in [0.3, 0.4) is 0 Å². The van der Waals surface area contributed by atoms with Crippen LogP contribution >= 0.6 is 0 Å². The monoisotopic (exact) mass is 427 g/mol. The summed E-state index contributed by atoms with van der Waals surface area (Å²) in [6, 6.07) is 17.8. The zero-order valence-corrected chi connectivity index (χ0v) is 17.1. The fourth-order valence-corrected chi connectivity index (χ4v) is 3.56. The lowest BCUT2D eigenvalue weighted by Crippen LogP contribution is -2.28. The van der Waals surface area contributed by atoms with Gasteiger partial charge < -0.3 is 14.8 Å². The molecule has 0 aliphatic carbocycles. The number of hydrogen-bond acceptors (Lipinski definition) is 6. The number of hydrogen-bond donors (Lipinski definition) is 2. The first kappa shape index (κ1) is 21.1. The van der Waals surface area contributed by atoms with E-state index in [0.717, 1.165) is 5.69 Å². The van der Waals surface area contributed by atoms with E-state index >= 15 is 0 Å². The van der Waals surface area contributed by atoms with Gasteiger partial charge in [-0.3, -0.25) is 14.5 Å². The minimum absolute atomic E-state index is 0.0669. The lowest BCUT2D eigenvalue weighted by molar-refractivity contribution is -0.123. The van der Waals surface area contributed by atoms with Crippen LogP contribution < -0.4 is 19.5 Å². The molecule has 1 heterocycles.